The third-order valence-corrected chi connectivity index (χ3v) is 7.23. The summed E-state index contributed by atoms with van der Waals surface area (Å²) < 4.78 is 52.1. The molecule has 0 spiro atoms. The topological polar surface area (TPSA) is 84.9 Å². The first-order valence-corrected chi connectivity index (χ1v) is 11.4. The van der Waals surface area contributed by atoms with Crippen molar-refractivity contribution in [1.29, 1.82) is 0 Å². The van der Waals surface area contributed by atoms with E-state index in [1.54, 1.807) is 18.2 Å². The minimum Gasteiger partial charge on any atom is -0.495 e. The van der Waals surface area contributed by atoms with Gasteiger partial charge < -0.3 is 14.8 Å². The number of carbonyl (C=O) groups is 1. The monoisotopic (exact) mass is 450 g/mol. The molecule has 168 valence electrons. The summed E-state index contributed by atoms with van der Waals surface area (Å²) in [5.41, 5.74) is 0.00786. The average molecular weight is 451 g/mol. The summed E-state index contributed by atoms with van der Waals surface area (Å²) >= 11 is 0. The van der Waals surface area contributed by atoms with E-state index in [4.69, 9.17) is 9.47 Å². The number of rotatable bonds is 7. The van der Waals surface area contributed by atoms with Crippen molar-refractivity contribution in [3.05, 3.63) is 59.4 Å². The Balaban J connectivity index is 1.82. The fourth-order valence-electron chi connectivity index (χ4n) is 3.45. The molecule has 1 fully saturated rings. The molecule has 0 saturated carbocycles. The number of carbonyl (C=O) groups excluding carboxylic acids is 1. The number of morpholine rings is 1. The molecule has 1 saturated heterocycles. The zero-order valence-corrected chi connectivity index (χ0v) is 18.7. The summed E-state index contributed by atoms with van der Waals surface area (Å²) in [6.45, 7) is 4.92. The fraction of sp³-hybridized carbons (Fsp3) is 0.409. The third-order valence-electron chi connectivity index (χ3n) is 5.31. The molecule has 9 heteroatoms. The van der Waals surface area contributed by atoms with Crippen LogP contribution in [0.15, 0.2) is 47.4 Å². The molecule has 2 aromatic carbocycles. The van der Waals surface area contributed by atoms with Gasteiger partial charge in [0.25, 0.3) is 5.91 Å². The minimum atomic E-state index is -3.85. The standard InChI is InChI=1S/C22H27FN2O5S/c1-22(2,17-6-4-5-7-18(17)23)15-24-21(26)16-8-9-19(29-3)20(14-16)31(27,28)25-10-12-30-13-11-25/h4-9,14H,10-13,15H2,1-3H3,(H,24,26). The highest BCUT2D eigenvalue weighted by molar-refractivity contribution is 7.89. The molecule has 1 aliphatic rings. The SMILES string of the molecule is COc1ccc(C(=O)NCC(C)(C)c2ccccc2F)cc1S(=O)(=O)N1CCOCC1. The van der Waals surface area contributed by atoms with Gasteiger partial charge in [-0.1, -0.05) is 32.0 Å². The van der Waals surface area contributed by atoms with Crippen LogP contribution < -0.4 is 10.1 Å². The molecular weight excluding hydrogens is 423 g/mol. The van der Waals surface area contributed by atoms with Gasteiger partial charge in [-0.2, -0.15) is 4.31 Å². The van der Waals surface area contributed by atoms with Gasteiger partial charge in [-0.15, -0.1) is 0 Å². The van der Waals surface area contributed by atoms with E-state index in [0.29, 0.717) is 18.8 Å². The van der Waals surface area contributed by atoms with Crippen LogP contribution in [0.5, 0.6) is 5.75 Å². The number of halogens is 1. The van der Waals surface area contributed by atoms with Gasteiger partial charge >= 0.3 is 0 Å². The van der Waals surface area contributed by atoms with Crippen LogP contribution in [0, 0.1) is 5.82 Å². The molecule has 0 atom stereocenters. The lowest BCUT2D eigenvalue weighted by Crippen LogP contribution is -2.41. The molecule has 0 aromatic heterocycles. The molecule has 0 radical (unpaired) electrons. The molecule has 0 unspecified atom stereocenters. The minimum absolute atomic E-state index is 0.0714. The number of nitrogens with zero attached hydrogens (tertiary/aromatic N) is 1. The fourth-order valence-corrected chi connectivity index (χ4v) is 5.04. The predicted molar refractivity (Wildman–Crippen MR) is 114 cm³/mol. The van der Waals surface area contributed by atoms with Gasteiger partial charge in [-0.25, -0.2) is 12.8 Å². The lowest BCUT2D eigenvalue weighted by atomic mass is 9.84. The number of benzene rings is 2. The van der Waals surface area contributed by atoms with E-state index in [2.05, 4.69) is 5.32 Å². The quantitative estimate of drug-likeness (QED) is 0.701. The Bertz CT molecular complexity index is 1050. The molecule has 0 bridgehead atoms. The summed E-state index contributed by atoms with van der Waals surface area (Å²) in [6, 6.07) is 10.7. The maximum absolute atomic E-state index is 14.2. The van der Waals surface area contributed by atoms with E-state index in [9.17, 15) is 17.6 Å². The number of amides is 1. The Morgan fingerprint density at radius 1 is 1.19 bits per heavy atom. The molecule has 1 amide bonds. The zero-order valence-electron chi connectivity index (χ0n) is 17.9. The number of hydrogen-bond acceptors (Lipinski definition) is 5. The normalized spacial score (nSPS) is 15.5. The first-order valence-electron chi connectivity index (χ1n) is 9.96. The average Bonchev–Trinajstić information content (AvgIpc) is 2.77. The molecule has 1 aliphatic heterocycles. The Kier molecular flexibility index (Phi) is 6.98. The largest absolute Gasteiger partial charge is 0.495 e. The molecule has 31 heavy (non-hydrogen) atoms. The van der Waals surface area contributed by atoms with E-state index in [-0.39, 0.29) is 41.7 Å². The molecule has 2 aromatic rings. The second kappa shape index (κ2) is 9.33. The van der Waals surface area contributed by atoms with E-state index in [0.717, 1.165) is 0 Å². The second-order valence-electron chi connectivity index (χ2n) is 7.93. The summed E-state index contributed by atoms with van der Waals surface area (Å²) in [5, 5.41) is 2.79. The van der Waals surface area contributed by atoms with Crippen LogP contribution in [-0.4, -0.2) is 58.6 Å². The van der Waals surface area contributed by atoms with Crippen molar-refractivity contribution in [2.24, 2.45) is 0 Å². The van der Waals surface area contributed by atoms with Crippen molar-refractivity contribution in [3.63, 3.8) is 0 Å². The molecule has 7 nitrogen and oxygen atoms in total. The van der Waals surface area contributed by atoms with Crippen LogP contribution in [0.3, 0.4) is 0 Å². The van der Waals surface area contributed by atoms with E-state index < -0.39 is 21.3 Å². The summed E-state index contributed by atoms with van der Waals surface area (Å²) in [5.74, 6) is -0.634. The highest BCUT2D eigenvalue weighted by Gasteiger charge is 2.30. The van der Waals surface area contributed by atoms with Crippen LogP contribution >= 0.6 is 0 Å². The van der Waals surface area contributed by atoms with Gasteiger partial charge in [-0.3, -0.25) is 4.79 Å². The Hall–Kier alpha value is -2.49. The third kappa shape index (κ3) is 5.06. The van der Waals surface area contributed by atoms with Crippen LogP contribution in [0.2, 0.25) is 0 Å². The Morgan fingerprint density at radius 3 is 2.52 bits per heavy atom. The van der Waals surface area contributed by atoms with Crippen molar-refractivity contribution in [2.75, 3.05) is 40.0 Å². The first kappa shape index (κ1) is 23.2. The number of nitrogens with one attached hydrogen (secondary N) is 1. The maximum atomic E-state index is 14.2. The summed E-state index contributed by atoms with van der Waals surface area (Å²) in [4.78, 5) is 12.7. The maximum Gasteiger partial charge on any atom is 0.251 e. The molecule has 1 N–H and O–H groups in total. The zero-order chi connectivity index (χ0) is 22.6. The van der Waals surface area contributed by atoms with Gasteiger partial charge in [-0.05, 0) is 29.8 Å². The van der Waals surface area contributed by atoms with Gasteiger partial charge in [0.1, 0.15) is 16.5 Å². The van der Waals surface area contributed by atoms with Crippen molar-refractivity contribution < 1.29 is 27.1 Å². The van der Waals surface area contributed by atoms with Crippen molar-refractivity contribution >= 4 is 15.9 Å². The van der Waals surface area contributed by atoms with Crippen molar-refractivity contribution in [1.82, 2.24) is 9.62 Å². The van der Waals surface area contributed by atoms with Crippen LogP contribution in [-0.2, 0) is 20.2 Å². The second-order valence-corrected chi connectivity index (χ2v) is 9.83. The number of sulfonamides is 1. The first-order chi connectivity index (χ1) is 14.7. The van der Waals surface area contributed by atoms with Crippen molar-refractivity contribution in [3.8, 4) is 5.75 Å². The number of hydrogen-bond donors (Lipinski definition) is 1. The molecular formula is C22H27FN2O5S. The van der Waals surface area contributed by atoms with Gasteiger partial charge in [0, 0.05) is 30.6 Å². The van der Waals surface area contributed by atoms with Crippen LogP contribution in [0.4, 0.5) is 4.39 Å². The van der Waals surface area contributed by atoms with Crippen LogP contribution in [0.25, 0.3) is 0 Å². The smallest absolute Gasteiger partial charge is 0.251 e. The van der Waals surface area contributed by atoms with Gasteiger partial charge in [0.2, 0.25) is 10.0 Å². The van der Waals surface area contributed by atoms with Crippen molar-refractivity contribution in [2.45, 2.75) is 24.2 Å². The lowest BCUT2D eigenvalue weighted by molar-refractivity contribution is 0.0729. The molecule has 0 aliphatic carbocycles. The molecule has 1 heterocycles. The van der Waals surface area contributed by atoms with E-state index in [1.807, 2.05) is 13.8 Å². The number of methoxy groups -OCH3 is 1. The lowest BCUT2D eigenvalue weighted by Gasteiger charge is -2.27. The van der Waals surface area contributed by atoms with E-state index >= 15 is 0 Å². The highest BCUT2D eigenvalue weighted by atomic mass is 32.2. The highest BCUT2D eigenvalue weighted by Crippen LogP contribution is 2.29. The van der Waals surface area contributed by atoms with Gasteiger partial charge in [0.15, 0.2) is 0 Å². The molecule has 3 rings (SSSR count). The summed E-state index contributed by atoms with van der Waals surface area (Å²) in [7, 11) is -2.47. The van der Waals surface area contributed by atoms with Crippen LogP contribution in [0.1, 0.15) is 29.8 Å². The van der Waals surface area contributed by atoms with E-state index in [1.165, 1.54) is 35.7 Å². The predicted octanol–water partition coefficient (Wildman–Crippen LogP) is 2.56. The number of ether oxygens (including phenoxy) is 2. The Labute approximate surface area is 182 Å². The van der Waals surface area contributed by atoms with Gasteiger partial charge in [0.05, 0.1) is 20.3 Å². The summed E-state index contributed by atoms with van der Waals surface area (Å²) in [6.07, 6.45) is 0. The Morgan fingerprint density at radius 2 is 1.87 bits per heavy atom.